The van der Waals surface area contributed by atoms with E-state index in [1.807, 2.05) is 0 Å². The van der Waals surface area contributed by atoms with E-state index in [1.54, 1.807) is 19.9 Å². The Morgan fingerprint density at radius 1 is 1.00 bits per heavy atom. The maximum absolute atomic E-state index is 14.0. The molecule has 3 N–H and O–H groups in total. The van der Waals surface area contributed by atoms with E-state index in [9.17, 15) is 31.2 Å². The topological polar surface area (TPSA) is 137 Å². The lowest BCUT2D eigenvalue weighted by molar-refractivity contribution is -0.161. The number of nitriles is 1. The average Bonchev–Trinajstić information content (AvgIpc) is 2.87. The summed E-state index contributed by atoms with van der Waals surface area (Å²) >= 11 is 0. The van der Waals surface area contributed by atoms with Crippen molar-refractivity contribution in [3.05, 3.63) is 54.1 Å². The van der Waals surface area contributed by atoms with Crippen LogP contribution in [0.1, 0.15) is 31.9 Å². The zero-order valence-corrected chi connectivity index (χ0v) is 22.5. The minimum absolute atomic E-state index is 0.0809. The van der Waals surface area contributed by atoms with Crippen molar-refractivity contribution < 1.29 is 35.9 Å². The van der Waals surface area contributed by atoms with Gasteiger partial charge in [0, 0.05) is 7.11 Å². The fourth-order valence-corrected chi connectivity index (χ4v) is 4.90. The summed E-state index contributed by atoms with van der Waals surface area (Å²) in [6, 6.07) is 9.54. The van der Waals surface area contributed by atoms with E-state index < -0.39 is 45.7 Å². The SMILES string of the molecule is COCNC(=O)CS(=O)(=O)c1ccc(-c2ccc([C@H](N[C@@H](CC(C)C)C(=O)NCC#N)C(F)(F)F)cc2)cc1. The minimum atomic E-state index is -4.71. The number of alkyl halides is 3. The van der Waals surface area contributed by atoms with Gasteiger partial charge in [0.2, 0.25) is 11.8 Å². The number of benzene rings is 2. The van der Waals surface area contributed by atoms with E-state index in [2.05, 4.69) is 20.7 Å². The van der Waals surface area contributed by atoms with Crippen molar-refractivity contribution in [2.75, 3.05) is 26.1 Å². The molecular weight excluding hydrogens is 537 g/mol. The molecule has 0 fully saturated rings. The van der Waals surface area contributed by atoms with Crippen molar-refractivity contribution >= 4 is 21.7 Å². The minimum Gasteiger partial charge on any atom is -0.364 e. The highest BCUT2D eigenvalue weighted by molar-refractivity contribution is 7.92. The predicted molar refractivity (Wildman–Crippen MR) is 138 cm³/mol. The molecule has 2 rings (SSSR count). The molecule has 0 aliphatic rings. The number of nitrogens with one attached hydrogen (secondary N) is 3. The Bertz CT molecular complexity index is 1260. The average molecular weight is 569 g/mol. The number of hydrogen-bond donors (Lipinski definition) is 3. The quantitative estimate of drug-likeness (QED) is 0.249. The van der Waals surface area contributed by atoms with Gasteiger partial charge in [0.05, 0.1) is 17.0 Å². The van der Waals surface area contributed by atoms with Crippen molar-refractivity contribution in [3.63, 3.8) is 0 Å². The number of sulfone groups is 1. The van der Waals surface area contributed by atoms with E-state index in [-0.39, 0.29) is 36.1 Å². The summed E-state index contributed by atoms with van der Waals surface area (Å²) in [6.07, 6.45) is -4.58. The molecule has 0 heterocycles. The van der Waals surface area contributed by atoms with Gasteiger partial charge in [-0.25, -0.2) is 8.42 Å². The molecule has 0 spiro atoms. The summed E-state index contributed by atoms with van der Waals surface area (Å²) in [5.74, 6) is -2.26. The van der Waals surface area contributed by atoms with Crippen LogP contribution in [0.2, 0.25) is 0 Å². The van der Waals surface area contributed by atoms with E-state index >= 15 is 0 Å². The molecule has 0 aliphatic carbocycles. The molecule has 0 aromatic heterocycles. The van der Waals surface area contributed by atoms with E-state index in [1.165, 1.54) is 55.6 Å². The van der Waals surface area contributed by atoms with Gasteiger partial charge in [-0.1, -0.05) is 50.2 Å². The van der Waals surface area contributed by atoms with Crippen LogP contribution in [0.4, 0.5) is 13.2 Å². The number of carbonyl (C=O) groups excluding carboxylic acids is 2. The summed E-state index contributed by atoms with van der Waals surface area (Å²) in [4.78, 5) is 24.1. The zero-order valence-electron chi connectivity index (χ0n) is 21.7. The molecule has 0 saturated carbocycles. The monoisotopic (exact) mass is 568 g/mol. The molecule has 0 bridgehead atoms. The van der Waals surface area contributed by atoms with E-state index in [0.29, 0.717) is 11.1 Å². The summed E-state index contributed by atoms with van der Waals surface area (Å²) in [5.41, 5.74) is 0.968. The molecule has 0 saturated heterocycles. The van der Waals surface area contributed by atoms with Crippen LogP contribution in [-0.2, 0) is 24.2 Å². The highest BCUT2D eigenvalue weighted by Crippen LogP contribution is 2.34. The van der Waals surface area contributed by atoms with Gasteiger partial charge in [-0.2, -0.15) is 18.4 Å². The second kappa shape index (κ2) is 14.1. The Morgan fingerprint density at radius 3 is 2.05 bits per heavy atom. The van der Waals surface area contributed by atoms with Gasteiger partial charge in [0.25, 0.3) is 0 Å². The lowest BCUT2D eigenvalue weighted by Crippen LogP contribution is -2.49. The summed E-state index contributed by atoms with van der Waals surface area (Å²) < 4.78 is 71.7. The van der Waals surface area contributed by atoms with Crippen molar-refractivity contribution in [1.82, 2.24) is 16.0 Å². The summed E-state index contributed by atoms with van der Waals surface area (Å²) in [6.45, 7) is 3.11. The number of methoxy groups -OCH3 is 1. The lowest BCUT2D eigenvalue weighted by Gasteiger charge is -2.28. The highest BCUT2D eigenvalue weighted by Gasteiger charge is 2.42. The van der Waals surface area contributed by atoms with Crippen molar-refractivity contribution in [2.45, 2.75) is 43.4 Å². The maximum Gasteiger partial charge on any atom is 0.407 e. The third kappa shape index (κ3) is 9.65. The highest BCUT2D eigenvalue weighted by atomic mass is 32.2. The Morgan fingerprint density at radius 2 is 1.56 bits per heavy atom. The van der Waals surface area contributed by atoms with Crippen LogP contribution in [-0.4, -0.2) is 58.6 Å². The second-order valence-electron chi connectivity index (χ2n) is 9.14. The Kier molecular flexibility index (Phi) is 11.5. The molecule has 0 aliphatic heterocycles. The number of rotatable bonds is 13. The van der Waals surface area contributed by atoms with Crippen LogP contribution in [0.3, 0.4) is 0 Å². The Balaban J connectivity index is 2.25. The van der Waals surface area contributed by atoms with Gasteiger partial charge < -0.3 is 15.4 Å². The number of carbonyl (C=O) groups is 2. The zero-order chi connectivity index (χ0) is 29.2. The first-order chi connectivity index (χ1) is 18.3. The van der Waals surface area contributed by atoms with E-state index in [0.717, 1.165) is 0 Å². The first kappa shape index (κ1) is 31.7. The van der Waals surface area contributed by atoms with Crippen LogP contribution in [0.5, 0.6) is 0 Å². The summed E-state index contributed by atoms with van der Waals surface area (Å²) in [7, 11) is -2.56. The molecule has 2 aromatic carbocycles. The number of ether oxygens (including phenoxy) is 1. The molecular formula is C26H31F3N4O5S. The first-order valence-corrected chi connectivity index (χ1v) is 13.6. The standard InChI is InChI=1S/C26H31F3N4O5S/c1-17(2)14-22(25(35)31-13-12-30)33-24(26(27,28)29)20-6-4-18(5-7-20)19-8-10-21(11-9-19)39(36,37)15-23(34)32-16-38-3/h4-11,17,22,24,33H,13-16H2,1-3H3,(H,31,35)(H,32,34)/t22-,24-/m0/s1. The van der Waals surface area contributed by atoms with Gasteiger partial charge in [-0.15, -0.1) is 0 Å². The fraction of sp³-hybridized carbons (Fsp3) is 0.423. The molecule has 212 valence electrons. The van der Waals surface area contributed by atoms with Crippen molar-refractivity contribution in [2.24, 2.45) is 5.92 Å². The van der Waals surface area contributed by atoms with Crippen molar-refractivity contribution in [1.29, 1.82) is 5.26 Å². The van der Waals surface area contributed by atoms with Gasteiger partial charge in [0.1, 0.15) is 25.1 Å². The normalized spacial score (nSPS) is 13.4. The van der Waals surface area contributed by atoms with Crippen LogP contribution >= 0.6 is 0 Å². The van der Waals surface area contributed by atoms with Gasteiger partial charge in [-0.3, -0.25) is 14.9 Å². The van der Waals surface area contributed by atoms with E-state index in [4.69, 9.17) is 5.26 Å². The summed E-state index contributed by atoms with van der Waals surface area (Å²) in [5, 5.41) is 15.7. The molecule has 0 radical (unpaired) electrons. The maximum atomic E-state index is 14.0. The van der Waals surface area contributed by atoms with Crippen molar-refractivity contribution in [3.8, 4) is 17.2 Å². The predicted octanol–water partition coefficient (Wildman–Crippen LogP) is 3.09. The van der Waals surface area contributed by atoms with Crippen LogP contribution in [0.25, 0.3) is 11.1 Å². The number of nitrogens with zero attached hydrogens (tertiary/aromatic N) is 1. The third-order valence-corrected chi connectivity index (χ3v) is 7.22. The number of halogens is 3. The fourth-order valence-electron chi connectivity index (χ4n) is 3.74. The molecule has 9 nitrogen and oxygen atoms in total. The molecule has 2 aromatic rings. The van der Waals surface area contributed by atoms with Crippen LogP contribution < -0.4 is 16.0 Å². The van der Waals surface area contributed by atoms with Gasteiger partial charge in [0.15, 0.2) is 9.84 Å². The smallest absolute Gasteiger partial charge is 0.364 e. The lowest BCUT2D eigenvalue weighted by atomic mass is 9.97. The van der Waals surface area contributed by atoms with Gasteiger partial charge in [-0.05, 0) is 41.2 Å². The third-order valence-electron chi connectivity index (χ3n) is 5.59. The Labute approximate surface area is 225 Å². The second-order valence-corrected chi connectivity index (χ2v) is 11.1. The molecule has 0 unspecified atom stereocenters. The molecule has 13 heteroatoms. The first-order valence-electron chi connectivity index (χ1n) is 11.9. The number of amides is 2. The molecule has 2 amide bonds. The molecule has 2 atom stereocenters. The Hall–Kier alpha value is -3.47. The largest absolute Gasteiger partial charge is 0.407 e. The number of hydrogen-bond acceptors (Lipinski definition) is 7. The molecule has 39 heavy (non-hydrogen) atoms. The van der Waals surface area contributed by atoms with Crippen LogP contribution in [0.15, 0.2) is 53.4 Å². The van der Waals surface area contributed by atoms with Gasteiger partial charge >= 0.3 is 6.18 Å². The van der Waals surface area contributed by atoms with Crippen LogP contribution in [0, 0.1) is 17.2 Å².